The van der Waals surface area contributed by atoms with Gasteiger partial charge in [-0.3, -0.25) is 4.79 Å². The molecule has 0 heterocycles. The zero-order valence-electron chi connectivity index (χ0n) is 12.7. The standard InChI is InChI=1S/C16H23NO3/c1-5-11-16(3,15(19)20-4)17-13-9-7-12(8-10-13)14(18)6-2/h7-10,17H,5-6,11H2,1-4H3. The number of anilines is 1. The van der Waals surface area contributed by atoms with Crippen LogP contribution in [-0.4, -0.2) is 24.4 Å². The van der Waals surface area contributed by atoms with Crippen LogP contribution < -0.4 is 5.32 Å². The number of ketones is 1. The van der Waals surface area contributed by atoms with Crippen molar-refractivity contribution < 1.29 is 14.3 Å². The van der Waals surface area contributed by atoms with Crippen LogP contribution in [-0.2, 0) is 9.53 Å². The molecule has 1 rings (SSSR count). The highest BCUT2D eigenvalue weighted by Crippen LogP contribution is 2.22. The number of carbonyl (C=O) groups excluding carboxylic acids is 2. The summed E-state index contributed by atoms with van der Waals surface area (Å²) in [7, 11) is 1.39. The van der Waals surface area contributed by atoms with Gasteiger partial charge in [-0.05, 0) is 37.6 Å². The topological polar surface area (TPSA) is 55.4 Å². The first-order valence-electron chi connectivity index (χ1n) is 6.96. The number of ether oxygens (including phenoxy) is 1. The minimum atomic E-state index is -0.750. The van der Waals surface area contributed by atoms with Gasteiger partial charge in [-0.25, -0.2) is 4.79 Å². The zero-order chi connectivity index (χ0) is 15.2. The number of hydrogen-bond donors (Lipinski definition) is 1. The first-order chi connectivity index (χ1) is 9.46. The van der Waals surface area contributed by atoms with Crippen molar-refractivity contribution in [2.45, 2.75) is 45.6 Å². The summed E-state index contributed by atoms with van der Waals surface area (Å²) < 4.78 is 4.86. The lowest BCUT2D eigenvalue weighted by atomic mass is 9.95. The van der Waals surface area contributed by atoms with E-state index in [-0.39, 0.29) is 11.8 Å². The highest BCUT2D eigenvalue weighted by Gasteiger charge is 2.33. The van der Waals surface area contributed by atoms with Crippen molar-refractivity contribution >= 4 is 17.4 Å². The summed E-state index contributed by atoms with van der Waals surface area (Å²) in [5, 5.41) is 3.21. The summed E-state index contributed by atoms with van der Waals surface area (Å²) in [6.45, 7) is 5.68. The molecule has 1 atom stereocenters. The van der Waals surface area contributed by atoms with E-state index < -0.39 is 5.54 Å². The Hall–Kier alpha value is -1.84. The van der Waals surface area contributed by atoms with Crippen LogP contribution >= 0.6 is 0 Å². The predicted molar refractivity (Wildman–Crippen MR) is 80.0 cm³/mol. The quantitative estimate of drug-likeness (QED) is 0.613. The van der Waals surface area contributed by atoms with Gasteiger partial charge in [0.15, 0.2) is 5.78 Å². The molecule has 0 aromatic heterocycles. The molecule has 1 aromatic carbocycles. The summed E-state index contributed by atoms with van der Waals surface area (Å²) in [6, 6.07) is 7.19. The molecule has 0 saturated carbocycles. The van der Waals surface area contributed by atoms with E-state index in [0.717, 1.165) is 12.1 Å². The lowest BCUT2D eigenvalue weighted by Crippen LogP contribution is -2.44. The molecule has 0 aliphatic rings. The molecule has 0 fully saturated rings. The van der Waals surface area contributed by atoms with Crippen molar-refractivity contribution in [2.75, 3.05) is 12.4 Å². The second-order valence-electron chi connectivity index (χ2n) is 5.05. The summed E-state index contributed by atoms with van der Waals surface area (Å²) in [4.78, 5) is 23.5. The highest BCUT2D eigenvalue weighted by atomic mass is 16.5. The van der Waals surface area contributed by atoms with Crippen LogP contribution in [0.25, 0.3) is 0 Å². The number of carbonyl (C=O) groups is 2. The number of hydrogen-bond acceptors (Lipinski definition) is 4. The monoisotopic (exact) mass is 277 g/mol. The zero-order valence-corrected chi connectivity index (χ0v) is 12.7. The van der Waals surface area contributed by atoms with E-state index in [1.165, 1.54) is 7.11 Å². The smallest absolute Gasteiger partial charge is 0.331 e. The molecule has 0 spiro atoms. The van der Waals surface area contributed by atoms with E-state index in [9.17, 15) is 9.59 Å². The first kappa shape index (κ1) is 16.2. The van der Waals surface area contributed by atoms with Crippen molar-refractivity contribution in [1.29, 1.82) is 0 Å². The highest BCUT2D eigenvalue weighted by molar-refractivity contribution is 5.96. The van der Waals surface area contributed by atoms with E-state index in [1.54, 1.807) is 12.1 Å². The van der Waals surface area contributed by atoms with Gasteiger partial charge in [0.1, 0.15) is 5.54 Å². The summed E-state index contributed by atoms with van der Waals surface area (Å²) in [6.07, 6.45) is 2.03. The molecule has 0 amide bonds. The largest absolute Gasteiger partial charge is 0.467 e. The molecule has 4 heteroatoms. The van der Waals surface area contributed by atoms with Gasteiger partial charge in [0.2, 0.25) is 0 Å². The maximum absolute atomic E-state index is 11.9. The van der Waals surface area contributed by atoms with Crippen molar-refractivity contribution in [3.05, 3.63) is 29.8 Å². The Kier molecular flexibility index (Phi) is 5.74. The van der Waals surface area contributed by atoms with Crippen molar-refractivity contribution in [2.24, 2.45) is 0 Å². The van der Waals surface area contributed by atoms with Crippen LogP contribution in [0.15, 0.2) is 24.3 Å². The van der Waals surface area contributed by atoms with Gasteiger partial charge >= 0.3 is 5.97 Å². The third-order valence-electron chi connectivity index (χ3n) is 3.33. The minimum absolute atomic E-state index is 0.112. The van der Waals surface area contributed by atoms with Crippen LogP contribution in [0, 0.1) is 0 Å². The van der Waals surface area contributed by atoms with Gasteiger partial charge < -0.3 is 10.1 Å². The van der Waals surface area contributed by atoms with E-state index in [1.807, 2.05) is 32.9 Å². The first-order valence-corrected chi connectivity index (χ1v) is 6.96. The SMILES string of the molecule is CCCC(C)(Nc1ccc(C(=O)CC)cc1)C(=O)OC. The third kappa shape index (κ3) is 3.83. The predicted octanol–water partition coefficient (Wildman–Crippen LogP) is 3.42. The van der Waals surface area contributed by atoms with Gasteiger partial charge in [0.25, 0.3) is 0 Å². The fraction of sp³-hybridized carbons (Fsp3) is 0.500. The number of nitrogens with one attached hydrogen (secondary N) is 1. The van der Waals surface area contributed by atoms with Crippen molar-refractivity contribution in [1.82, 2.24) is 0 Å². The van der Waals surface area contributed by atoms with Crippen LogP contribution in [0.1, 0.15) is 50.4 Å². The van der Waals surface area contributed by atoms with E-state index in [4.69, 9.17) is 4.74 Å². The maximum Gasteiger partial charge on any atom is 0.331 e. The Morgan fingerprint density at radius 1 is 1.20 bits per heavy atom. The fourth-order valence-corrected chi connectivity index (χ4v) is 2.20. The number of methoxy groups -OCH3 is 1. The second kappa shape index (κ2) is 7.08. The van der Waals surface area contributed by atoms with Gasteiger partial charge in [0.05, 0.1) is 7.11 Å². The third-order valence-corrected chi connectivity index (χ3v) is 3.33. The summed E-state index contributed by atoms with van der Waals surface area (Å²) in [5.74, 6) is -0.172. The average Bonchev–Trinajstić information content (AvgIpc) is 2.46. The van der Waals surface area contributed by atoms with Crippen LogP contribution in [0.3, 0.4) is 0 Å². The molecule has 20 heavy (non-hydrogen) atoms. The number of benzene rings is 1. The number of Topliss-reactive ketones (excluding diaryl/α,β-unsaturated/α-hetero) is 1. The maximum atomic E-state index is 11.9. The Morgan fingerprint density at radius 2 is 1.80 bits per heavy atom. The van der Waals surface area contributed by atoms with Gasteiger partial charge in [-0.2, -0.15) is 0 Å². The van der Waals surface area contributed by atoms with Gasteiger partial charge in [-0.15, -0.1) is 0 Å². The lowest BCUT2D eigenvalue weighted by Gasteiger charge is -2.28. The summed E-state index contributed by atoms with van der Waals surface area (Å²) >= 11 is 0. The van der Waals surface area contributed by atoms with Crippen LogP contribution in [0.4, 0.5) is 5.69 Å². The van der Waals surface area contributed by atoms with Crippen molar-refractivity contribution in [3.63, 3.8) is 0 Å². The fourth-order valence-electron chi connectivity index (χ4n) is 2.20. The molecule has 1 aromatic rings. The van der Waals surface area contributed by atoms with Crippen LogP contribution in [0.2, 0.25) is 0 Å². The molecule has 0 bridgehead atoms. The van der Waals surface area contributed by atoms with Gasteiger partial charge in [-0.1, -0.05) is 20.3 Å². The Morgan fingerprint density at radius 3 is 2.25 bits per heavy atom. The average molecular weight is 277 g/mol. The second-order valence-corrected chi connectivity index (χ2v) is 5.05. The number of rotatable bonds is 7. The van der Waals surface area contributed by atoms with Gasteiger partial charge in [0, 0.05) is 17.7 Å². The molecule has 1 unspecified atom stereocenters. The molecule has 0 aliphatic carbocycles. The Labute approximate surface area is 120 Å². The Balaban J connectivity index is 2.89. The molecule has 0 radical (unpaired) electrons. The lowest BCUT2D eigenvalue weighted by molar-refractivity contribution is -0.145. The molecule has 0 aliphatic heterocycles. The van der Waals surface area contributed by atoms with E-state index in [2.05, 4.69) is 5.32 Å². The molecular weight excluding hydrogens is 254 g/mol. The van der Waals surface area contributed by atoms with Crippen LogP contribution in [0.5, 0.6) is 0 Å². The molecule has 0 saturated heterocycles. The minimum Gasteiger partial charge on any atom is -0.467 e. The normalized spacial score (nSPS) is 13.4. The van der Waals surface area contributed by atoms with E-state index in [0.29, 0.717) is 18.4 Å². The Bertz CT molecular complexity index is 467. The molecule has 4 nitrogen and oxygen atoms in total. The summed E-state index contributed by atoms with van der Waals surface area (Å²) in [5.41, 5.74) is 0.743. The number of esters is 1. The molecule has 1 N–H and O–H groups in total. The molecular formula is C16H23NO3. The van der Waals surface area contributed by atoms with E-state index >= 15 is 0 Å². The molecule has 110 valence electrons. The van der Waals surface area contributed by atoms with Crippen molar-refractivity contribution in [3.8, 4) is 0 Å².